The Hall–Kier alpha value is -1.11. The van der Waals surface area contributed by atoms with E-state index in [-0.39, 0.29) is 23.5 Å². The molecule has 1 aromatic rings. The van der Waals surface area contributed by atoms with Crippen LogP contribution in [0.15, 0.2) is 23.1 Å². The lowest BCUT2D eigenvalue weighted by Crippen LogP contribution is -2.51. The summed E-state index contributed by atoms with van der Waals surface area (Å²) in [6.45, 7) is 6.51. The fraction of sp³-hybridized carbons (Fsp3) is 0.571. The second-order valence-corrected chi connectivity index (χ2v) is 7.40. The van der Waals surface area contributed by atoms with Gasteiger partial charge in [-0.15, -0.1) is 0 Å². The Morgan fingerprint density at radius 2 is 2.05 bits per heavy atom. The number of hydrogen-bond acceptors (Lipinski definition) is 4. The molecule has 6 heteroatoms. The summed E-state index contributed by atoms with van der Waals surface area (Å²) in [5.74, 6) is 0.769. The molecule has 0 radical (unpaired) electrons. The molecule has 0 aliphatic carbocycles. The molecule has 0 unspecified atom stereocenters. The first kappa shape index (κ1) is 15.3. The molecule has 0 saturated carbocycles. The topological polar surface area (TPSA) is 66.8 Å². The Balaban J connectivity index is 2.19. The van der Waals surface area contributed by atoms with Crippen molar-refractivity contribution in [3.8, 4) is 5.75 Å². The van der Waals surface area contributed by atoms with Crippen molar-refractivity contribution in [2.45, 2.75) is 31.8 Å². The maximum Gasteiger partial charge on any atom is 0.243 e. The highest BCUT2D eigenvalue weighted by atomic mass is 32.2. The lowest BCUT2D eigenvalue weighted by molar-refractivity contribution is 0.117. The van der Waals surface area contributed by atoms with Crippen molar-refractivity contribution in [1.82, 2.24) is 4.31 Å². The van der Waals surface area contributed by atoms with Crippen LogP contribution in [0.25, 0.3) is 0 Å². The Morgan fingerprint density at radius 3 is 2.55 bits per heavy atom. The predicted molar refractivity (Wildman–Crippen MR) is 76.3 cm³/mol. The Morgan fingerprint density at radius 1 is 1.40 bits per heavy atom. The molecule has 1 heterocycles. The molecule has 0 aromatic heterocycles. The van der Waals surface area contributed by atoms with Gasteiger partial charge in [-0.2, -0.15) is 4.31 Å². The third kappa shape index (κ3) is 2.97. The van der Waals surface area contributed by atoms with Gasteiger partial charge in [-0.3, -0.25) is 0 Å². The van der Waals surface area contributed by atoms with Crippen molar-refractivity contribution in [2.75, 3.05) is 19.7 Å². The zero-order chi connectivity index (χ0) is 14.9. The van der Waals surface area contributed by atoms with Gasteiger partial charge in [0.25, 0.3) is 0 Å². The van der Waals surface area contributed by atoms with E-state index in [0.29, 0.717) is 18.8 Å². The molecular formula is C14H21NO4S. The third-order valence-corrected chi connectivity index (χ3v) is 5.16. The maximum absolute atomic E-state index is 12.4. The first-order chi connectivity index (χ1) is 9.34. The van der Waals surface area contributed by atoms with Crippen LogP contribution in [-0.4, -0.2) is 43.6 Å². The van der Waals surface area contributed by atoms with Crippen molar-refractivity contribution in [1.29, 1.82) is 0 Å². The van der Waals surface area contributed by atoms with Crippen molar-refractivity contribution >= 4 is 10.0 Å². The van der Waals surface area contributed by atoms with E-state index in [4.69, 9.17) is 9.84 Å². The smallest absolute Gasteiger partial charge is 0.243 e. The van der Waals surface area contributed by atoms with Gasteiger partial charge in [-0.25, -0.2) is 8.42 Å². The Bertz CT molecular complexity index is 577. The summed E-state index contributed by atoms with van der Waals surface area (Å²) < 4.78 is 31.7. The minimum absolute atomic E-state index is 0.0339. The number of sulfonamides is 1. The minimum atomic E-state index is -3.45. The quantitative estimate of drug-likeness (QED) is 0.892. The molecule has 2 rings (SSSR count). The van der Waals surface area contributed by atoms with Crippen LogP contribution in [0, 0.1) is 12.8 Å². The number of nitrogens with zero attached hydrogens (tertiary/aromatic N) is 1. The first-order valence-corrected chi connectivity index (χ1v) is 8.17. The fourth-order valence-electron chi connectivity index (χ4n) is 2.15. The van der Waals surface area contributed by atoms with Crippen LogP contribution >= 0.6 is 0 Å². The van der Waals surface area contributed by atoms with E-state index in [9.17, 15) is 8.42 Å². The van der Waals surface area contributed by atoms with Crippen molar-refractivity contribution < 1.29 is 18.3 Å². The highest BCUT2D eigenvalue weighted by molar-refractivity contribution is 7.89. The number of aliphatic hydroxyl groups excluding tert-OH is 1. The van der Waals surface area contributed by atoms with Gasteiger partial charge in [-0.05, 0) is 44.5 Å². The van der Waals surface area contributed by atoms with Crippen LogP contribution in [0.1, 0.15) is 19.4 Å². The second-order valence-electron chi connectivity index (χ2n) is 5.46. The summed E-state index contributed by atoms with van der Waals surface area (Å²) in [6, 6.07) is 4.91. The van der Waals surface area contributed by atoms with E-state index in [0.717, 1.165) is 5.56 Å². The van der Waals surface area contributed by atoms with Crippen LogP contribution in [0.5, 0.6) is 5.75 Å². The van der Waals surface area contributed by atoms with Gasteiger partial charge in [0.2, 0.25) is 10.0 Å². The number of hydrogen-bond donors (Lipinski definition) is 1. The summed E-state index contributed by atoms with van der Waals surface area (Å²) in [5, 5.41) is 8.97. The molecular weight excluding hydrogens is 278 g/mol. The molecule has 1 aliphatic heterocycles. The van der Waals surface area contributed by atoms with Gasteiger partial charge in [-0.1, -0.05) is 0 Å². The van der Waals surface area contributed by atoms with Crippen molar-refractivity contribution in [3.63, 3.8) is 0 Å². The molecule has 1 aromatic carbocycles. The number of rotatable bonds is 5. The average Bonchev–Trinajstić information content (AvgIpc) is 2.29. The zero-order valence-corrected chi connectivity index (χ0v) is 12.9. The highest BCUT2D eigenvalue weighted by Crippen LogP contribution is 2.28. The normalized spacial score (nSPS) is 17.2. The summed E-state index contributed by atoms with van der Waals surface area (Å²) in [6.07, 6.45) is 0.0526. The summed E-state index contributed by atoms with van der Waals surface area (Å²) in [7, 11) is -3.45. The van der Waals surface area contributed by atoms with Gasteiger partial charge < -0.3 is 9.84 Å². The number of ether oxygens (including phenoxy) is 1. The molecule has 112 valence electrons. The van der Waals surface area contributed by atoms with Crippen LogP contribution in [0.2, 0.25) is 0 Å². The van der Waals surface area contributed by atoms with E-state index >= 15 is 0 Å². The number of aryl methyl sites for hydroxylation is 1. The molecule has 0 bridgehead atoms. The zero-order valence-electron chi connectivity index (χ0n) is 12.0. The lowest BCUT2D eigenvalue weighted by atomic mass is 10.1. The minimum Gasteiger partial charge on any atom is -0.491 e. The van der Waals surface area contributed by atoms with Crippen LogP contribution in [-0.2, 0) is 10.0 Å². The molecule has 0 atom stereocenters. The number of aliphatic hydroxyl groups is 1. The fourth-order valence-corrected chi connectivity index (χ4v) is 3.83. The van der Waals surface area contributed by atoms with Gasteiger partial charge in [0, 0.05) is 25.6 Å². The van der Waals surface area contributed by atoms with Crippen LogP contribution < -0.4 is 4.74 Å². The summed E-state index contributed by atoms with van der Waals surface area (Å²) in [4.78, 5) is 0.280. The SMILES string of the molecule is Cc1cc(S(=O)(=O)N2CC(CO)C2)ccc1OC(C)C. The first-order valence-electron chi connectivity index (χ1n) is 6.73. The Kier molecular flexibility index (Phi) is 4.36. The van der Waals surface area contributed by atoms with Gasteiger partial charge in [0.15, 0.2) is 0 Å². The van der Waals surface area contributed by atoms with E-state index in [2.05, 4.69) is 0 Å². The second kappa shape index (κ2) is 5.71. The largest absolute Gasteiger partial charge is 0.491 e. The highest BCUT2D eigenvalue weighted by Gasteiger charge is 2.36. The van der Waals surface area contributed by atoms with Gasteiger partial charge >= 0.3 is 0 Å². The van der Waals surface area contributed by atoms with Crippen molar-refractivity contribution in [2.24, 2.45) is 5.92 Å². The average molecular weight is 299 g/mol. The van der Waals surface area contributed by atoms with Gasteiger partial charge in [0.05, 0.1) is 11.0 Å². The summed E-state index contributed by atoms with van der Waals surface area (Å²) in [5.41, 5.74) is 0.805. The molecule has 0 spiro atoms. The predicted octanol–water partition coefficient (Wildman–Crippen LogP) is 1.40. The molecule has 1 fully saturated rings. The Labute approximate surface area is 120 Å². The summed E-state index contributed by atoms with van der Waals surface area (Å²) >= 11 is 0. The maximum atomic E-state index is 12.4. The monoisotopic (exact) mass is 299 g/mol. The molecule has 1 saturated heterocycles. The van der Waals surface area contributed by atoms with Gasteiger partial charge in [0.1, 0.15) is 5.75 Å². The molecule has 20 heavy (non-hydrogen) atoms. The molecule has 0 amide bonds. The van der Waals surface area contributed by atoms with E-state index in [1.165, 1.54) is 4.31 Å². The molecule has 5 nitrogen and oxygen atoms in total. The van der Waals surface area contributed by atoms with Crippen LogP contribution in [0.4, 0.5) is 0 Å². The third-order valence-electron chi connectivity index (χ3n) is 3.33. The van der Waals surface area contributed by atoms with Crippen molar-refractivity contribution in [3.05, 3.63) is 23.8 Å². The van der Waals surface area contributed by atoms with E-state index < -0.39 is 10.0 Å². The van der Waals surface area contributed by atoms with Crippen LogP contribution in [0.3, 0.4) is 0 Å². The van der Waals surface area contributed by atoms with E-state index in [1.807, 2.05) is 20.8 Å². The number of benzene rings is 1. The molecule has 1 aliphatic rings. The molecule has 1 N–H and O–H groups in total. The lowest BCUT2D eigenvalue weighted by Gasteiger charge is -2.37. The van der Waals surface area contributed by atoms with E-state index in [1.54, 1.807) is 18.2 Å². The standard InChI is InChI=1S/C14H21NO4S/c1-10(2)19-14-5-4-13(6-11(14)3)20(17,18)15-7-12(8-15)9-16/h4-6,10,12,16H,7-9H2,1-3H3.